The van der Waals surface area contributed by atoms with Gasteiger partial charge in [-0.2, -0.15) is 0 Å². The number of carboxylic acids is 1. The van der Waals surface area contributed by atoms with Gasteiger partial charge in [0, 0.05) is 62.4 Å². The van der Waals surface area contributed by atoms with Crippen molar-refractivity contribution in [2.45, 2.75) is 25.3 Å². The van der Waals surface area contributed by atoms with Crippen molar-refractivity contribution in [3.63, 3.8) is 0 Å². The van der Waals surface area contributed by atoms with E-state index in [2.05, 4.69) is 15.8 Å². The third kappa shape index (κ3) is 4.82. The number of carbonyl (C=O) groups is 3. The lowest BCUT2D eigenvalue weighted by Crippen LogP contribution is -2.48. The predicted molar refractivity (Wildman–Crippen MR) is 95.7 cm³/mol. The standard InChI is InChI=1S/C18H22N4O5/c23-15(4-5-18(26)27)19-20-16(24)6-7-21-9-12-8-13(11-21)14-2-1-3-17(25)22(14)10-12/h1-5,12-13H,6-11H2,(H,19,23)(H,20,24)(H,26,27)/b5-4-/t12-,13+/m1/s1. The first kappa shape index (κ1) is 18.8. The first-order valence-corrected chi connectivity index (χ1v) is 8.84. The molecule has 1 saturated heterocycles. The van der Waals surface area contributed by atoms with Crippen LogP contribution in [0.5, 0.6) is 0 Å². The van der Waals surface area contributed by atoms with Crippen molar-refractivity contribution in [1.82, 2.24) is 20.3 Å². The van der Waals surface area contributed by atoms with Crippen LogP contribution in [0.1, 0.15) is 24.5 Å². The molecule has 2 amide bonds. The number of fused-ring (bicyclic) bond motifs is 4. The van der Waals surface area contributed by atoms with Gasteiger partial charge >= 0.3 is 5.97 Å². The van der Waals surface area contributed by atoms with Crippen molar-refractivity contribution in [2.75, 3.05) is 19.6 Å². The summed E-state index contributed by atoms with van der Waals surface area (Å²) in [6, 6.07) is 5.38. The van der Waals surface area contributed by atoms with Gasteiger partial charge in [0.2, 0.25) is 5.91 Å². The van der Waals surface area contributed by atoms with Crippen LogP contribution in [-0.2, 0) is 20.9 Å². The molecule has 0 saturated carbocycles. The number of hydrazine groups is 1. The second-order valence-corrected chi connectivity index (χ2v) is 6.92. The maximum Gasteiger partial charge on any atom is 0.328 e. The molecule has 0 aromatic carbocycles. The van der Waals surface area contributed by atoms with Gasteiger partial charge in [0.05, 0.1) is 0 Å². The summed E-state index contributed by atoms with van der Waals surface area (Å²) in [6.07, 6.45) is 2.78. The van der Waals surface area contributed by atoms with E-state index in [-0.39, 0.29) is 23.8 Å². The Labute approximate surface area is 155 Å². The maximum atomic E-state index is 12.0. The van der Waals surface area contributed by atoms with Crippen LogP contribution in [0.4, 0.5) is 0 Å². The van der Waals surface area contributed by atoms with Gasteiger partial charge in [-0.25, -0.2) is 4.79 Å². The monoisotopic (exact) mass is 374 g/mol. The summed E-state index contributed by atoms with van der Waals surface area (Å²) >= 11 is 0. The summed E-state index contributed by atoms with van der Waals surface area (Å²) in [5, 5.41) is 8.43. The Morgan fingerprint density at radius 3 is 2.74 bits per heavy atom. The number of carbonyl (C=O) groups excluding carboxylic acids is 2. The van der Waals surface area contributed by atoms with E-state index in [1.165, 1.54) is 0 Å². The smallest absolute Gasteiger partial charge is 0.328 e. The average molecular weight is 374 g/mol. The minimum absolute atomic E-state index is 0.0442. The molecule has 0 radical (unpaired) electrons. The fourth-order valence-corrected chi connectivity index (χ4v) is 3.82. The van der Waals surface area contributed by atoms with Crippen LogP contribution in [0.15, 0.2) is 35.1 Å². The van der Waals surface area contributed by atoms with Crippen molar-refractivity contribution < 1.29 is 19.5 Å². The van der Waals surface area contributed by atoms with Crippen LogP contribution in [0.3, 0.4) is 0 Å². The van der Waals surface area contributed by atoms with E-state index in [9.17, 15) is 19.2 Å². The van der Waals surface area contributed by atoms with Crippen molar-refractivity contribution in [3.8, 4) is 0 Å². The van der Waals surface area contributed by atoms with E-state index >= 15 is 0 Å². The van der Waals surface area contributed by atoms with Crippen LogP contribution in [0.2, 0.25) is 0 Å². The molecule has 27 heavy (non-hydrogen) atoms. The minimum atomic E-state index is -1.24. The Hall–Kier alpha value is -2.94. The Balaban J connectivity index is 1.48. The minimum Gasteiger partial charge on any atom is -0.478 e. The summed E-state index contributed by atoms with van der Waals surface area (Å²) < 4.78 is 1.86. The normalized spacial score (nSPS) is 21.5. The Morgan fingerprint density at radius 1 is 1.15 bits per heavy atom. The highest BCUT2D eigenvalue weighted by molar-refractivity contribution is 5.94. The highest BCUT2D eigenvalue weighted by Crippen LogP contribution is 2.34. The van der Waals surface area contributed by atoms with Crippen molar-refractivity contribution >= 4 is 17.8 Å². The zero-order valence-electron chi connectivity index (χ0n) is 14.8. The molecule has 3 rings (SSSR count). The fourth-order valence-electron chi connectivity index (χ4n) is 3.82. The van der Waals surface area contributed by atoms with Gasteiger partial charge in [0.15, 0.2) is 0 Å². The van der Waals surface area contributed by atoms with Gasteiger partial charge in [-0.3, -0.25) is 25.2 Å². The molecule has 1 aromatic rings. The number of aromatic nitrogens is 1. The van der Waals surface area contributed by atoms with E-state index in [1.54, 1.807) is 12.1 Å². The number of amides is 2. The van der Waals surface area contributed by atoms with Crippen molar-refractivity contribution in [2.24, 2.45) is 5.92 Å². The third-order valence-electron chi connectivity index (χ3n) is 4.91. The molecule has 0 spiro atoms. The summed E-state index contributed by atoms with van der Waals surface area (Å²) in [5.74, 6) is -1.62. The van der Waals surface area contributed by atoms with Gasteiger partial charge < -0.3 is 14.6 Å². The van der Waals surface area contributed by atoms with E-state index in [0.29, 0.717) is 25.1 Å². The van der Waals surface area contributed by atoms with Gasteiger partial charge in [0.1, 0.15) is 0 Å². The second-order valence-electron chi connectivity index (χ2n) is 6.92. The van der Waals surface area contributed by atoms with Gasteiger partial charge in [-0.15, -0.1) is 0 Å². The zero-order valence-corrected chi connectivity index (χ0v) is 14.8. The zero-order chi connectivity index (χ0) is 19.4. The number of carboxylic acid groups (broad SMARTS) is 1. The van der Waals surface area contributed by atoms with E-state index in [4.69, 9.17) is 5.11 Å². The summed E-state index contributed by atoms with van der Waals surface area (Å²) in [6.45, 7) is 2.89. The number of aliphatic carboxylic acids is 1. The van der Waals surface area contributed by atoms with Crippen molar-refractivity contribution in [3.05, 3.63) is 46.4 Å². The molecule has 3 heterocycles. The molecule has 0 unspecified atom stereocenters. The molecule has 1 aromatic heterocycles. The largest absolute Gasteiger partial charge is 0.478 e. The number of piperidine rings is 1. The lowest BCUT2D eigenvalue weighted by Gasteiger charge is -2.42. The number of hydrogen-bond donors (Lipinski definition) is 3. The van der Waals surface area contributed by atoms with Crippen LogP contribution >= 0.6 is 0 Å². The number of rotatable bonds is 5. The molecule has 9 nitrogen and oxygen atoms in total. The second kappa shape index (κ2) is 8.17. The first-order valence-electron chi connectivity index (χ1n) is 8.84. The van der Waals surface area contributed by atoms with Crippen LogP contribution in [-0.4, -0.2) is 52.0 Å². The number of hydrogen-bond acceptors (Lipinski definition) is 5. The number of pyridine rings is 1. The molecule has 2 bridgehead atoms. The van der Waals surface area contributed by atoms with Crippen molar-refractivity contribution in [1.29, 1.82) is 0 Å². The van der Waals surface area contributed by atoms with Gasteiger partial charge in [0.25, 0.3) is 11.5 Å². The Morgan fingerprint density at radius 2 is 1.96 bits per heavy atom. The molecule has 2 aliphatic rings. The average Bonchev–Trinajstić information content (AvgIpc) is 2.64. The van der Waals surface area contributed by atoms with Gasteiger partial charge in [-0.1, -0.05) is 6.07 Å². The van der Waals surface area contributed by atoms with Crippen LogP contribution in [0.25, 0.3) is 0 Å². The topological polar surface area (TPSA) is 121 Å². The summed E-state index contributed by atoms with van der Waals surface area (Å²) in [5.41, 5.74) is 5.51. The number of likely N-dealkylation sites (tertiary alicyclic amines) is 1. The molecule has 144 valence electrons. The fraction of sp³-hybridized carbons (Fsp3) is 0.444. The molecular formula is C18H22N4O5. The van der Waals surface area contributed by atoms with E-state index < -0.39 is 11.9 Å². The number of nitrogens with zero attached hydrogens (tertiary/aromatic N) is 2. The van der Waals surface area contributed by atoms with Crippen LogP contribution in [0, 0.1) is 5.92 Å². The Bertz CT molecular complexity index is 831. The van der Waals surface area contributed by atoms with Gasteiger partial charge in [-0.05, 0) is 18.4 Å². The predicted octanol–water partition coefficient (Wildman–Crippen LogP) is -0.554. The Kier molecular flexibility index (Phi) is 5.70. The summed E-state index contributed by atoms with van der Waals surface area (Å²) in [4.78, 5) is 47.8. The molecule has 0 aliphatic carbocycles. The summed E-state index contributed by atoms with van der Waals surface area (Å²) in [7, 11) is 0. The first-order chi connectivity index (χ1) is 12.9. The lowest BCUT2D eigenvalue weighted by atomic mass is 9.83. The highest BCUT2D eigenvalue weighted by Gasteiger charge is 2.34. The SMILES string of the molecule is O=C(O)/C=C\C(=O)NNC(=O)CCN1C[C@H]2C[C@@H](C1)c1cccc(=O)n1C2. The third-order valence-corrected chi connectivity index (χ3v) is 4.91. The molecule has 1 fully saturated rings. The number of nitrogens with one attached hydrogen (secondary N) is 2. The van der Waals surface area contributed by atoms with E-state index in [1.807, 2.05) is 10.6 Å². The van der Waals surface area contributed by atoms with E-state index in [0.717, 1.165) is 31.3 Å². The quantitative estimate of drug-likeness (QED) is 0.470. The lowest BCUT2D eigenvalue weighted by molar-refractivity contribution is -0.131. The molecule has 9 heteroatoms. The molecule has 2 atom stereocenters. The molecule has 2 aliphatic heterocycles. The highest BCUT2D eigenvalue weighted by atomic mass is 16.4. The van der Waals surface area contributed by atoms with Crippen LogP contribution < -0.4 is 16.4 Å². The molecular weight excluding hydrogens is 352 g/mol. The maximum absolute atomic E-state index is 12.0. The molecule has 3 N–H and O–H groups in total.